The van der Waals surface area contributed by atoms with Gasteiger partial charge in [0.25, 0.3) is 0 Å². The number of ether oxygens (including phenoxy) is 3. The highest BCUT2D eigenvalue weighted by molar-refractivity contribution is 9.10. The van der Waals surface area contributed by atoms with Crippen LogP contribution in [0.5, 0.6) is 5.75 Å². The number of methoxy groups -OCH3 is 2. The molecule has 0 aliphatic heterocycles. The van der Waals surface area contributed by atoms with Crippen molar-refractivity contribution in [2.75, 3.05) is 21.0 Å². The summed E-state index contributed by atoms with van der Waals surface area (Å²) in [6.07, 6.45) is 0. The first-order valence-corrected chi connectivity index (χ1v) is 7.05. The van der Waals surface area contributed by atoms with E-state index >= 15 is 0 Å². The fourth-order valence-corrected chi connectivity index (χ4v) is 2.19. The number of carbonyl (C=O) groups is 1. The molecule has 0 saturated heterocycles. The van der Waals surface area contributed by atoms with Crippen LogP contribution >= 0.6 is 15.9 Å². The molecule has 0 atom stereocenters. The summed E-state index contributed by atoms with van der Waals surface area (Å²) < 4.78 is 15.9. The average Bonchev–Trinajstić information content (AvgIpc) is 2.53. The van der Waals surface area contributed by atoms with Crippen molar-refractivity contribution < 1.29 is 19.0 Å². The van der Waals surface area contributed by atoms with Crippen molar-refractivity contribution in [1.29, 1.82) is 0 Å². The van der Waals surface area contributed by atoms with Gasteiger partial charge < -0.3 is 14.2 Å². The van der Waals surface area contributed by atoms with Crippen LogP contribution in [0.15, 0.2) is 46.9 Å². The quantitative estimate of drug-likeness (QED) is 0.606. The Kier molecular flexibility index (Phi) is 5.36. The van der Waals surface area contributed by atoms with E-state index in [9.17, 15) is 4.79 Å². The third-order valence-corrected chi connectivity index (χ3v) is 3.56. The van der Waals surface area contributed by atoms with E-state index < -0.39 is 0 Å². The number of benzene rings is 2. The molecule has 4 nitrogen and oxygen atoms in total. The molecule has 5 heteroatoms. The molecule has 2 aromatic rings. The van der Waals surface area contributed by atoms with Crippen molar-refractivity contribution in [3.63, 3.8) is 0 Å². The molecule has 110 valence electrons. The Bertz CT molecular complexity index is 623. The van der Waals surface area contributed by atoms with Gasteiger partial charge in [-0.2, -0.15) is 0 Å². The van der Waals surface area contributed by atoms with Gasteiger partial charge in [-0.15, -0.1) is 0 Å². The first-order valence-electron chi connectivity index (χ1n) is 6.25. The van der Waals surface area contributed by atoms with Crippen LogP contribution in [0.2, 0.25) is 0 Å². The van der Waals surface area contributed by atoms with Crippen LogP contribution in [-0.4, -0.2) is 27.0 Å². The zero-order chi connectivity index (χ0) is 15.2. The molecule has 21 heavy (non-hydrogen) atoms. The van der Waals surface area contributed by atoms with Gasteiger partial charge in [0.2, 0.25) is 0 Å². The lowest BCUT2D eigenvalue weighted by molar-refractivity contribution is 0.0506. The zero-order valence-electron chi connectivity index (χ0n) is 11.8. The molecule has 0 unspecified atom stereocenters. The van der Waals surface area contributed by atoms with Crippen molar-refractivity contribution in [2.24, 2.45) is 0 Å². The highest BCUT2D eigenvalue weighted by Crippen LogP contribution is 2.31. The van der Waals surface area contributed by atoms with Crippen molar-refractivity contribution in [3.05, 3.63) is 52.5 Å². The van der Waals surface area contributed by atoms with Crippen LogP contribution in [0, 0.1) is 0 Å². The van der Waals surface area contributed by atoms with E-state index in [4.69, 9.17) is 9.47 Å². The molecule has 2 aromatic carbocycles. The molecule has 0 spiro atoms. The fraction of sp³-hybridized carbons (Fsp3) is 0.188. The van der Waals surface area contributed by atoms with Crippen LogP contribution in [0.25, 0.3) is 11.1 Å². The number of esters is 1. The minimum atomic E-state index is -0.346. The van der Waals surface area contributed by atoms with Crippen LogP contribution < -0.4 is 4.74 Å². The van der Waals surface area contributed by atoms with E-state index in [1.807, 2.05) is 30.3 Å². The monoisotopic (exact) mass is 350 g/mol. The fourth-order valence-electron chi connectivity index (χ4n) is 1.83. The lowest BCUT2D eigenvalue weighted by Gasteiger charge is -2.10. The number of hydrogen-bond acceptors (Lipinski definition) is 4. The molecule has 0 fully saturated rings. The second-order valence-corrected chi connectivity index (χ2v) is 5.12. The van der Waals surface area contributed by atoms with Crippen molar-refractivity contribution >= 4 is 21.9 Å². The number of rotatable bonds is 5. The number of halogens is 1. The summed E-state index contributed by atoms with van der Waals surface area (Å²) in [6, 6.07) is 13.0. The first-order chi connectivity index (χ1) is 10.2. The van der Waals surface area contributed by atoms with E-state index in [0.29, 0.717) is 11.3 Å². The summed E-state index contributed by atoms with van der Waals surface area (Å²) >= 11 is 3.43. The lowest BCUT2D eigenvalue weighted by Crippen LogP contribution is -2.00. The van der Waals surface area contributed by atoms with Crippen LogP contribution in [0.1, 0.15) is 10.4 Å². The van der Waals surface area contributed by atoms with Gasteiger partial charge in [0.1, 0.15) is 5.75 Å². The summed E-state index contributed by atoms with van der Waals surface area (Å²) in [5.41, 5.74) is 2.49. The summed E-state index contributed by atoms with van der Waals surface area (Å²) in [5, 5.41) is 0. The molecule has 0 aliphatic carbocycles. The molecule has 2 rings (SSSR count). The number of hydrogen-bond donors (Lipinski definition) is 0. The van der Waals surface area contributed by atoms with Crippen molar-refractivity contribution in [3.8, 4) is 16.9 Å². The Morgan fingerprint density at radius 2 is 1.71 bits per heavy atom. The topological polar surface area (TPSA) is 44.8 Å². The van der Waals surface area contributed by atoms with Gasteiger partial charge in [-0.05, 0) is 51.3 Å². The van der Waals surface area contributed by atoms with Crippen molar-refractivity contribution in [1.82, 2.24) is 0 Å². The third-order valence-electron chi connectivity index (χ3n) is 2.90. The van der Waals surface area contributed by atoms with Crippen LogP contribution in [0.3, 0.4) is 0 Å². The molecule has 0 aromatic heterocycles. The second-order valence-electron chi connectivity index (χ2n) is 4.26. The Morgan fingerprint density at radius 1 is 1.05 bits per heavy atom. The molecule has 0 aliphatic rings. The Hall–Kier alpha value is -1.85. The summed E-state index contributed by atoms with van der Waals surface area (Å²) in [5.74, 6) is 0.355. The SMILES string of the molecule is COCOc1cc(-c2ccc(C(=O)OC)cc2)ccc1Br. The third kappa shape index (κ3) is 3.83. The molecule has 0 amide bonds. The van der Waals surface area contributed by atoms with Gasteiger partial charge in [-0.3, -0.25) is 0 Å². The maximum atomic E-state index is 11.4. The van der Waals surface area contributed by atoms with E-state index in [-0.39, 0.29) is 12.8 Å². The van der Waals surface area contributed by atoms with Gasteiger partial charge in [0.05, 0.1) is 17.1 Å². The Balaban J connectivity index is 2.27. The molecular weight excluding hydrogens is 336 g/mol. The molecule has 0 radical (unpaired) electrons. The van der Waals surface area contributed by atoms with E-state index in [1.54, 1.807) is 19.2 Å². The van der Waals surface area contributed by atoms with Crippen molar-refractivity contribution in [2.45, 2.75) is 0 Å². The molecular formula is C16H15BrO4. The van der Waals surface area contributed by atoms with Gasteiger partial charge in [0.15, 0.2) is 6.79 Å². The number of carbonyl (C=O) groups excluding carboxylic acids is 1. The van der Waals surface area contributed by atoms with Crippen LogP contribution in [0.4, 0.5) is 0 Å². The standard InChI is InChI=1S/C16H15BrO4/c1-19-10-21-15-9-13(7-8-14(15)17)11-3-5-12(6-4-11)16(18)20-2/h3-9H,10H2,1-2H3. The van der Waals surface area contributed by atoms with Gasteiger partial charge in [0, 0.05) is 7.11 Å². The molecule has 0 saturated carbocycles. The zero-order valence-corrected chi connectivity index (χ0v) is 13.3. The summed E-state index contributed by atoms with van der Waals surface area (Å²) in [7, 11) is 2.94. The van der Waals surface area contributed by atoms with Crippen LogP contribution in [-0.2, 0) is 9.47 Å². The van der Waals surface area contributed by atoms with Gasteiger partial charge in [-0.25, -0.2) is 4.79 Å². The molecule has 0 bridgehead atoms. The second kappa shape index (κ2) is 7.24. The highest BCUT2D eigenvalue weighted by atomic mass is 79.9. The largest absolute Gasteiger partial charge is 0.466 e. The lowest BCUT2D eigenvalue weighted by atomic mass is 10.0. The predicted molar refractivity (Wildman–Crippen MR) is 83.4 cm³/mol. The minimum absolute atomic E-state index is 0.184. The summed E-state index contributed by atoms with van der Waals surface area (Å²) in [6.45, 7) is 0.184. The summed E-state index contributed by atoms with van der Waals surface area (Å²) in [4.78, 5) is 11.4. The van der Waals surface area contributed by atoms with Gasteiger partial charge in [-0.1, -0.05) is 18.2 Å². The molecule has 0 N–H and O–H groups in total. The van der Waals surface area contributed by atoms with E-state index in [0.717, 1.165) is 15.6 Å². The van der Waals surface area contributed by atoms with Gasteiger partial charge >= 0.3 is 5.97 Å². The van der Waals surface area contributed by atoms with E-state index in [1.165, 1.54) is 7.11 Å². The van der Waals surface area contributed by atoms with E-state index in [2.05, 4.69) is 20.7 Å². The molecule has 0 heterocycles. The minimum Gasteiger partial charge on any atom is -0.466 e. The average molecular weight is 351 g/mol. The Morgan fingerprint density at radius 3 is 2.33 bits per heavy atom. The normalized spacial score (nSPS) is 10.2. The smallest absolute Gasteiger partial charge is 0.337 e. The predicted octanol–water partition coefficient (Wildman–Crippen LogP) is 3.89. The maximum absolute atomic E-state index is 11.4. The maximum Gasteiger partial charge on any atom is 0.337 e. The Labute approximate surface area is 131 Å². The highest BCUT2D eigenvalue weighted by Gasteiger charge is 2.07. The first kappa shape index (κ1) is 15.5.